The number of carbonyl (C=O) groups excluding carboxylic acids is 1. The summed E-state index contributed by atoms with van der Waals surface area (Å²) in [6, 6.07) is 17.0. The molecule has 0 N–H and O–H groups in total. The summed E-state index contributed by atoms with van der Waals surface area (Å²) in [5, 5.41) is 10.1. The Balaban J connectivity index is 1.75. The molecule has 0 saturated carbocycles. The summed E-state index contributed by atoms with van der Waals surface area (Å²) in [5.41, 5.74) is 1.89. The zero-order chi connectivity index (χ0) is 24.9. The fourth-order valence-electron chi connectivity index (χ4n) is 3.93. The summed E-state index contributed by atoms with van der Waals surface area (Å²) in [7, 11) is 2.78. The molecule has 1 aromatic heterocycles. The molecule has 3 aromatic rings. The molecule has 0 spiro atoms. The number of methoxy groups -OCH3 is 2. The maximum absolute atomic E-state index is 13.2. The molecular weight excluding hydrogens is 451 g/mol. The maximum Gasteiger partial charge on any atom is 0.338 e. The summed E-state index contributed by atoms with van der Waals surface area (Å²) in [6.07, 6.45) is 3.51. The standard InChI is InChI=1S/C27H23FN2O5/c1-17-24(27(31)33-3)25(21(15-29)26(35-17)30-12-4-5-13-30)19-8-11-22(23(14-19)32-2)34-16-18-6-9-20(28)10-7-18/h4-14,25H,16H2,1-3H3/t25-/m0/s1. The van der Waals surface area contributed by atoms with Crippen LogP contribution < -0.4 is 9.47 Å². The first-order valence-corrected chi connectivity index (χ1v) is 10.8. The Morgan fingerprint density at radius 2 is 1.83 bits per heavy atom. The minimum absolute atomic E-state index is 0.209. The maximum atomic E-state index is 13.2. The summed E-state index contributed by atoms with van der Waals surface area (Å²) in [4.78, 5) is 12.7. The molecule has 1 aliphatic rings. The Bertz CT molecular complexity index is 1330. The van der Waals surface area contributed by atoms with Crippen LogP contribution in [-0.2, 0) is 20.9 Å². The van der Waals surface area contributed by atoms with Crippen molar-refractivity contribution in [3.05, 3.63) is 101 Å². The van der Waals surface area contributed by atoms with E-state index in [2.05, 4.69) is 6.07 Å². The highest BCUT2D eigenvalue weighted by atomic mass is 19.1. The predicted molar refractivity (Wildman–Crippen MR) is 126 cm³/mol. The van der Waals surface area contributed by atoms with Gasteiger partial charge in [-0.25, -0.2) is 9.18 Å². The van der Waals surface area contributed by atoms with E-state index in [9.17, 15) is 14.4 Å². The van der Waals surface area contributed by atoms with E-state index in [1.54, 1.807) is 54.2 Å². The van der Waals surface area contributed by atoms with E-state index < -0.39 is 11.9 Å². The lowest BCUT2D eigenvalue weighted by molar-refractivity contribution is -0.136. The van der Waals surface area contributed by atoms with E-state index in [1.807, 2.05) is 12.1 Å². The highest BCUT2D eigenvalue weighted by Gasteiger charge is 2.37. The molecule has 2 heterocycles. The molecular formula is C27H23FN2O5. The van der Waals surface area contributed by atoms with Crippen LogP contribution in [0.5, 0.6) is 11.5 Å². The molecule has 1 aliphatic heterocycles. The second-order valence-electron chi connectivity index (χ2n) is 7.74. The molecule has 1 atom stereocenters. The van der Waals surface area contributed by atoms with Crippen molar-refractivity contribution in [2.24, 2.45) is 0 Å². The average molecular weight is 474 g/mol. The van der Waals surface area contributed by atoms with Crippen molar-refractivity contribution in [2.45, 2.75) is 19.4 Å². The monoisotopic (exact) mass is 474 g/mol. The van der Waals surface area contributed by atoms with Crippen LogP contribution in [0.25, 0.3) is 5.88 Å². The molecule has 178 valence electrons. The van der Waals surface area contributed by atoms with Crippen LogP contribution in [0.1, 0.15) is 24.0 Å². The van der Waals surface area contributed by atoms with Crippen molar-refractivity contribution in [1.29, 1.82) is 5.26 Å². The molecule has 8 heteroatoms. The van der Waals surface area contributed by atoms with Crippen LogP contribution in [0.15, 0.2) is 83.9 Å². The Morgan fingerprint density at radius 3 is 2.46 bits per heavy atom. The van der Waals surface area contributed by atoms with Gasteiger partial charge in [0.05, 0.1) is 25.7 Å². The number of ether oxygens (including phenoxy) is 4. The fourth-order valence-corrected chi connectivity index (χ4v) is 3.93. The smallest absolute Gasteiger partial charge is 0.338 e. The molecule has 0 fully saturated rings. The van der Waals surface area contributed by atoms with Crippen molar-refractivity contribution in [3.63, 3.8) is 0 Å². The van der Waals surface area contributed by atoms with Crippen LogP contribution in [0, 0.1) is 17.1 Å². The lowest BCUT2D eigenvalue weighted by Gasteiger charge is -2.28. The van der Waals surface area contributed by atoms with Crippen LogP contribution >= 0.6 is 0 Å². The minimum atomic E-state index is -0.751. The van der Waals surface area contributed by atoms with Gasteiger partial charge < -0.3 is 18.9 Å². The third kappa shape index (κ3) is 4.75. The zero-order valence-corrected chi connectivity index (χ0v) is 19.4. The van der Waals surface area contributed by atoms with Crippen molar-refractivity contribution >= 4 is 11.9 Å². The van der Waals surface area contributed by atoms with Crippen LogP contribution in [0.4, 0.5) is 4.39 Å². The van der Waals surface area contributed by atoms with Crippen molar-refractivity contribution in [2.75, 3.05) is 14.2 Å². The van der Waals surface area contributed by atoms with Crippen LogP contribution in [-0.4, -0.2) is 24.8 Å². The number of hydrogen-bond donors (Lipinski definition) is 0. The second kappa shape index (κ2) is 10.2. The minimum Gasteiger partial charge on any atom is -0.493 e. The van der Waals surface area contributed by atoms with Gasteiger partial charge in [0.15, 0.2) is 11.5 Å². The first-order chi connectivity index (χ1) is 17.0. The third-order valence-electron chi connectivity index (χ3n) is 5.63. The van der Waals surface area contributed by atoms with Gasteiger partial charge >= 0.3 is 5.97 Å². The molecule has 0 aliphatic carbocycles. The number of rotatable bonds is 7. The average Bonchev–Trinajstić information content (AvgIpc) is 3.42. The molecule has 4 rings (SSSR count). The summed E-state index contributed by atoms with van der Waals surface area (Å²) in [5.74, 6) is -0.152. The van der Waals surface area contributed by atoms with E-state index in [0.29, 0.717) is 28.7 Å². The number of aromatic nitrogens is 1. The number of allylic oxidation sites excluding steroid dienone is 2. The normalized spacial score (nSPS) is 15.3. The highest BCUT2D eigenvalue weighted by molar-refractivity contribution is 5.93. The molecule has 35 heavy (non-hydrogen) atoms. The van der Waals surface area contributed by atoms with Crippen LogP contribution in [0.3, 0.4) is 0 Å². The Kier molecular flexibility index (Phi) is 6.88. The molecule has 0 amide bonds. The number of esters is 1. The number of benzene rings is 2. The van der Waals surface area contributed by atoms with E-state index in [0.717, 1.165) is 5.56 Å². The van der Waals surface area contributed by atoms with Gasteiger partial charge in [-0.1, -0.05) is 18.2 Å². The quantitative estimate of drug-likeness (QED) is 0.440. The molecule has 2 aromatic carbocycles. The van der Waals surface area contributed by atoms with E-state index in [4.69, 9.17) is 18.9 Å². The van der Waals surface area contributed by atoms with Crippen molar-refractivity contribution in [1.82, 2.24) is 4.57 Å². The predicted octanol–water partition coefficient (Wildman–Crippen LogP) is 5.17. The number of hydrogen-bond acceptors (Lipinski definition) is 6. The zero-order valence-electron chi connectivity index (χ0n) is 19.4. The van der Waals surface area contributed by atoms with Crippen molar-refractivity contribution < 1.29 is 28.1 Å². The fraction of sp³-hybridized carbons (Fsp3) is 0.185. The summed E-state index contributed by atoms with van der Waals surface area (Å²) >= 11 is 0. The van der Waals surface area contributed by atoms with Gasteiger partial charge in [-0.3, -0.25) is 4.57 Å². The van der Waals surface area contributed by atoms with Gasteiger partial charge in [0, 0.05) is 12.4 Å². The second-order valence-corrected chi connectivity index (χ2v) is 7.74. The van der Waals surface area contributed by atoms with E-state index in [-0.39, 0.29) is 23.6 Å². The van der Waals surface area contributed by atoms with Gasteiger partial charge in [-0.15, -0.1) is 0 Å². The van der Waals surface area contributed by atoms with E-state index in [1.165, 1.54) is 26.4 Å². The van der Waals surface area contributed by atoms with Gasteiger partial charge in [0.1, 0.15) is 29.8 Å². The van der Waals surface area contributed by atoms with Gasteiger partial charge in [0.25, 0.3) is 0 Å². The number of carbonyl (C=O) groups is 1. The van der Waals surface area contributed by atoms with Crippen LogP contribution in [0.2, 0.25) is 0 Å². The number of nitrogens with zero attached hydrogens (tertiary/aromatic N) is 2. The SMILES string of the molecule is COC(=O)C1=C(C)OC(n2cccc2)=C(C#N)[C@@H]1c1ccc(OCc2ccc(F)cc2)c(OC)c1. The molecule has 0 radical (unpaired) electrons. The Labute approximate surface area is 202 Å². The summed E-state index contributed by atoms with van der Waals surface area (Å²) in [6.45, 7) is 1.87. The lowest BCUT2D eigenvalue weighted by Crippen LogP contribution is -2.23. The molecule has 0 unspecified atom stereocenters. The van der Waals surface area contributed by atoms with Crippen molar-refractivity contribution in [3.8, 4) is 17.6 Å². The Hall–Kier alpha value is -4.51. The van der Waals surface area contributed by atoms with Gasteiger partial charge in [-0.05, 0) is 54.4 Å². The largest absolute Gasteiger partial charge is 0.493 e. The van der Waals surface area contributed by atoms with E-state index >= 15 is 0 Å². The first-order valence-electron chi connectivity index (χ1n) is 10.8. The Morgan fingerprint density at radius 1 is 1.11 bits per heavy atom. The highest BCUT2D eigenvalue weighted by Crippen LogP contribution is 2.44. The number of nitriles is 1. The molecule has 7 nitrogen and oxygen atoms in total. The topological polar surface area (TPSA) is 82.7 Å². The van der Waals surface area contributed by atoms with Gasteiger partial charge in [0.2, 0.25) is 5.88 Å². The molecule has 0 saturated heterocycles. The third-order valence-corrected chi connectivity index (χ3v) is 5.63. The number of halogens is 1. The first kappa shape index (κ1) is 23.6. The molecule has 0 bridgehead atoms. The lowest BCUT2D eigenvalue weighted by atomic mass is 9.83. The van der Waals surface area contributed by atoms with Gasteiger partial charge in [-0.2, -0.15) is 5.26 Å². The summed E-state index contributed by atoms with van der Waals surface area (Å²) < 4.78 is 37.2.